The number of piperazine rings is 1. The fraction of sp³-hybridized carbons (Fsp3) is 0.500. The van der Waals surface area contributed by atoms with E-state index in [1.54, 1.807) is 4.90 Å². The summed E-state index contributed by atoms with van der Waals surface area (Å²) in [5.74, 6) is -0.335. The standard InChI is InChI=1S/C18H25N5O2/c1-13(2)22-10-9-21(12-16(22)18(19)25)17(24)7-8-23-15-6-4-3-5-14(15)11-20-23/h3-6,11,13,16H,7-10,12H2,1-2H3,(H2,19,25). The van der Waals surface area contributed by atoms with Crippen LogP contribution in [0.1, 0.15) is 20.3 Å². The Morgan fingerprint density at radius 2 is 2.04 bits per heavy atom. The van der Waals surface area contributed by atoms with Crippen LogP contribution in [0.25, 0.3) is 10.9 Å². The summed E-state index contributed by atoms with van der Waals surface area (Å²) in [5.41, 5.74) is 6.56. The van der Waals surface area contributed by atoms with E-state index >= 15 is 0 Å². The maximum Gasteiger partial charge on any atom is 0.236 e. The number of carbonyl (C=O) groups excluding carboxylic acids is 2. The number of fused-ring (bicyclic) bond motifs is 1. The zero-order valence-corrected chi connectivity index (χ0v) is 14.8. The van der Waals surface area contributed by atoms with Crippen LogP contribution in [0.3, 0.4) is 0 Å². The van der Waals surface area contributed by atoms with Crippen molar-refractivity contribution < 1.29 is 9.59 Å². The highest BCUT2D eigenvalue weighted by Gasteiger charge is 2.34. The number of carbonyl (C=O) groups is 2. The van der Waals surface area contributed by atoms with Crippen molar-refractivity contribution in [3.8, 4) is 0 Å². The average molecular weight is 343 g/mol. The van der Waals surface area contributed by atoms with E-state index < -0.39 is 6.04 Å². The van der Waals surface area contributed by atoms with Crippen molar-refractivity contribution in [2.75, 3.05) is 19.6 Å². The number of primary amides is 1. The van der Waals surface area contributed by atoms with Gasteiger partial charge in [-0.2, -0.15) is 5.10 Å². The third kappa shape index (κ3) is 3.66. The number of aromatic nitrogens is 2. The van der Waals surface area contributed by atoms with Gasteiger partial charge in [0, 0.05) is 37.5 Å². The molecule has 7 nitrogen and oxygen atoms in total. The van der Waals surface area contributed by atoms with Crippen LogP contribution in [-0.4, -0.2) is 63.1 Å². The van der Waals surface area contributed by atoms with E-state index in [1.807, 2.05) is 49.0 Å². The monoisotopic (exact) mass is 343 g/mol. The highest BCUT2D eigenvalue weighted by atomic mass is 16.2. The first-order chi connectivity index (χ1) is 12.0. The second-order valence-electron chi connectivity index (χ2n) is 6.77. The topological polar surface area (TPSA) is 84.5 Å². The van der Waals surface area contributed by atoms with Crippen molar-refractivity contribution in [2.45, 2.75) is 38.9 Å². The minimum atomic E-state index is -0.414. The molecule has 2 amide bonds. The van der Waals surface area contributed by atoms with Crippen molar-refractivity contribution in [2.24, 2.45) is 5.73 Å². The van der Waals surface area contributed by atoms with E-state index in [0.717, 1.165) is 10.9 Å². The van der Waals surface area contributed by atoms with Crippen LogP contribution < -0.4 is 5.73 Å². The molecule has 1 unspecified atom stereocenters. The first-order valence-corrected chi connectivity index (χ1v) is 8.70. The summed E-state index contributed by atoms with van der Waals surface area (Å²) in [6, 6.07) is 7.75. The molecule has 0 spiro atoms. The van der Waals surface area contributed by atoms with Gasteiger partial charge in [0.15, 0.2) is 0 Å². The summed E-state index contributed by atoms with van der Waals surface area (Å²) < 4.78 is 1.85. The van der Waals surface area contributed by atoms with Crippen molar-refractivity contribution in [3.63, 3.8) is 0 Å². The molecule has 2 heterocycles. The summed E-state index contributed by atoms with van der Waals surface area (Å²) in [6.07, 6.45) is 2.17. The normalized spacial score (nSPS) is 18.8. The predicted molar refractivity (Wildman–Crippen MR) is 95.8 cm³/mol. The molecule has 1 aliphatic rings. The quantitative estimate of drug-likeness (QED) is 0.872. The van der Waals surface area contributed by atoms with Gasteiger partial charge in [-0.1, -0.05) is 18.2 Å². The Labute approximate surface area is 147 Å². The summed E-state index contributed by atoms with van der Waals surface area (Å²) in [4.78, 5) is 28.2. The highest BCUT2D eigenvalue weighted by Crippen LogP contribution is 2.16. The van der Waals surface area contributed by atoms with Crippen molar-refractivity contribution in [1.29, 1.82) is 0 Å². The fourth-order valence-electron chi connectivity index (χ4n) is 3.46. The summed E-state index contributed by atoms with van der Waals surface area (Å²) in [6.45, 7) is 6.26. The molecule has 0 radical (unpaired) electrons. The Balaban J connectivity index is 1.62. The molecule has 1 saturated heterocycles. The molecule has 0 bridgehead atoms. The van der Waals surface area contributed by atoms with Gasteiger partial charge in [-0.05, 0) is 19.9 Å². The SMILES string of the molecule is CC(C)N1CCN(C(=O)CCn2ncc3ccccc32)CC1C(N)=O. The van der Waals surface area contributed by atoms with Crippen LogP contribution in [0, 0.1) is 0 Å². The summed E-state index contributed by atoms with van der Waals surface area (Å²) in [7, 11) is 0. The van der Waals surface area contributed by atoms with Crippen LogP contribution in [0.5, 0.6) is 0 Å². The number of hydrogen-bond acceptors (Lipinski definition) is 4. The van der Waals surface area contributed by atoms with Gasteiger partial charge in [-0.15, -0.1) is 0 Å². The maximum atomic E-state index is 12.6. The van der Waals surface area contributed by atoms with Gasteiger partial charge in [0.2, 0.25) is 11.8 Å². The number of para-hydroxylation sites is 1. The second kappa shape index (κ2) is 7.23. The molecule has 1 fully saturated rings. The smallest absolute Gasteiger partial charge is 0.236 e. The van der Waals surface area contributed by atoms with Crippen molar-refractivity contribution in [3.05, 3.63) is 30.5 Å². The minimum Gasteiger partial charge on any atom is -0.368 e. The first kappa shape index (κ1) is 17.4. The lowest BCUT2D eigenvalue weighted by molar-refractivity contribution is -0.138. The summed E-state index contributed by atoms with van der Waals surface area (Å²) in [5, 5.41) is 5.42. The molecular weight excluding hydrogens is 318 g/mol. The van der Waals surface area contributed by atoms with Crippen LogP contribution in [0.2, 0.25) is 0 Å². The van der Waals surface area contributed by atoms with Gasteiger partial charge >= 0.3 is 0 Å². The molecule has 7 heteroatoms. The Bertz CT molecular complexity index is 770. The van der Waals surface area contributed by atoms with E-state index in [4.69, 9.17) is 5.73 Å². The molecule has 1 atom stereocenters. The Kier molecular flexibility index (Phi) is 5.03. The molecule has 1 aromatic carbocycles. The molecular formula is C18H25N5O2. The van der Waals surface area contributed by atoms with Gasteiger partial charge in [0.1, 0.15) is 6.04 Å². The molecule has 1 aromatic heterocycles. The Hall–Kier alpha value is -2.41. The van der Waals surface area contributed by atoms with Crippen LogP contribution in [0.15, 0.2) is 30.5 Å². The van der Waals surface area contributed by atoms with Crippen molar-refractivity contribution >= 4 is 22.7 Å². The van der Waals surface area contributed by atoms with Crippen molar-refractivity contribution in [1.82, 2.24) is 19.6 Å². The molecule has 1 aliphatic heterocycles. The number of rotatable bonds is 5. The third-order valence-corrected chi connectivity index (χ3v) is 4.85. The molecule has 2 aromatic rings. The number of aryl methyl sites for hydroxylation is 1. The second-order valence-corrected chi connectivity index (χ2v) is 6.77. The van der Waals surface area contributed by atoms with Crippen LogP contribution >= 0.6 is 0 Å². The number of benzene rings is 1. The number of amides is 2. The lowest BCUT2D eigenvalue weighted by Gasteiger charge is -2.42. The third-order valence-electron chi connectivity index (χ3n) is 4.85. The van der Waals surface area contributed by atoms with Crippen LogP contribution in [-0.2, 0) is 16.1 Å². The zero-order chi connectivity index (χ0) is 18.0. The first-order valence-electron chi connectivity index (χ1n) is 8.70. The van der Waals surface area contributed by atoms with Crippen LogP contribution in [0.4, 0.5) is 0 Å². The largest absolute Gasteiger partial charge is 0.368 e. The van der Waals surface area contributed by atoms with E-state index in [9.17, 15) is 9.59 Å². The lowest BCUT2D eigenvalue weighted by Crippen LogP contribution is -2.61. The van der Waals surface area contributed by atoms with E-state index in [2.05, 4.69) is 10.00 Å². The molecule has 25 heavy (non-hydrogen) atoms. The number of nitrogens with two attached hydrogens (primary N) is 1. The van der Waals surface area contributed by atoms with Gasteiger partial charge in [0.05, 0.1) is 18.3 Å². The summed E-state index contributed by atoms with van der Waals surface area (Å²) >= 11 is 0. The van der Waals surface area contributed by atoms with Gasteiger partial charge < -0.3 is 10.6 Å². The molecule has 3 rings (SSSR count). The molecule has 134 valence electrons. The van der Waals surface area contributed by atoms with Gasteiger partial charge in [-0.3, -0.25) is 19.2 Å². The number of hydrogen-bond donors (Lipinski definition) is 1. The Morgan fingerprint density at radius 1 is 1.28 bits per heavy atom. The van der Waals surface area contributed by atoms with E-state index in [1.165, 1.54) is 0 Å². The Morgan fingerprint density at radius 3 is 2.76 bits per heavy atom. The molecule has 0 aliphatic carbocycles. The zero-order valence-electron chi connectivity index (χ0n) is 14.8. The predicted octanol–water partition coefficient (Wildman–Crippen LogP) is 0.833. The highest BCUT2D eigenvalue weighted by molar-refractivity contribution is 5.83. The molecule has 0 saturated carbocycles. The lowest BCUT2D eigenvalue weighted by atomic mass is 10.1. The van der Waals surface area contributed by atoms with Gasteiger partial charge in [-0.25, -0.2) is 0 Å². The van der Waals surface area contributed by atoms with E-state index in [0.29, 0.717) is 32.6 Å². The fourth-order valence-corrected chi connectivity index (χ4v) is 3.46. The number of nitrogens with zero attached hydrogens (tertiary/aromatic N) is 4. The molecule has 2 N–H and O–H groups in total. The maximum absolute atomic E-state index is 12.6. The van der Waals surface area contributed by atoms with E-state index in [-0.39, 0.29) is 17.9 Å². The van der Waals surface area contributed by atoms with Gasteiger partial charge in [0.25, 0.3) is 0 Å². The minimum absolute atomic E-state index is 0.0363. The average Bonchev–Trinajstić information content (AvgIpc) is 3.02.